The Balaban J connectivity index is 1.47. The fourth-order valence-electron chi connectivity index (χ4n) is 7.88. The number of nitrogens with zero attached hydrogens (tertiary/aromatic N) is 3. The van der Waals surface area contributed by atoms with Crippen molar-refractivity contribution in [2.45, 2.75) is 19.3 Å². The van der Waals surface area contributed by atoms with Crippen molar-refractivity contribution < 1.29 is 0 Å². The molecule has 3 nitrogen and oxygen atoms in total. The van der Waals surface area contributed by atoms with Gasteiger partial charge in [0.1, 0.15) is 0 Å². The van der Waals surface area contributed by atoms with Crippen LogP contribution in [0.4, 0.5) is 0 Å². The van der Waals surface area contributed by atoms with Crippen molar-refractivity contribution in [3.05, 3.63) is 139 Å². The van der Waals surface area contributed by atoms with E-state index in [1.54, 1.807) is 0 Å². The Morgan fingerprint density at radius 2 is 1.31 bits per heavy atom. The molecule has 1 aliphatic rings. The van der Waals surface area contributed by atoms with Gasteiger partial charge in [-0.25, -0.2) is 9.97 Å². The average Bonchev–Trinajstić information content (AvgIpc) is 3.71. The van der Waals surface area contributed by atoms with Crippen molar-refractivity contribution in [2.24, 2.45) is 0 Å². The first-order chi connectivity index (χ1) is 22.1. The summed E-state index contributed by atoms with van der Waals surface area (Å²) in [6, 6.07) is 45.6. The van der Waals surface area contributed by atoms with E-state index in [0.717, 1.165) is 27.7 Å². The highest BCUT2D eigenvalue weighted by Crippen LogP contribution is 2.58. The maximum Gasteiger partial charge on any atom is 0.235 e. The summed E-state index contributed by atoms with van der Waals surface area (Å²) in [7, 11) is 0. The van der Waals surface area contributed by atoms with E-state index in [9.17, 15) is 0 Å². The Bertz CT molecular complexity index is 2680. The lowest BCUT2D eigenvalue weighted by atomic mass is 9.80. The molecule has 0 unspecified atom stereocenters. The van der Waals surface area contributed by atoms with Gasteiger partial charge >= 0.3 is 0 Å². The van der Waals surface area contributed by atoms with Gasteiger partial charge in [0.2, 0.25) is 5.95 Å². The lowest BCUT2D eigenvalue weighted by Gasteiger charge is -2.23. The molecule has 0 amide bonds. The fraction of sp³-hybridized carbons (Fsp3) is 0.0732. The van der Waals surface area contributed by atoms with Crippen molar-refractivity contribution in [3.8, 4) is 28.3 Å². The lowest BCUT2D eigenvalue weighted by molar-refractivity contribution is 0.667. The van der Waals surface area contributed by atoms with Gasteiger partial charge in [-0.05, 0) is 34.9 Å². The minimum atomic E-state index is -0.178. The summed E-state index contributed by atoms with van der Waals surface area (Å²) in [5.74, 6) is 0.698. The second-order valence-corrected chi connectivity index (χ2v) is 13.6. The fourth-order valence-corrected chi connectivity index (χ4v) is 9.15. The number of thiophene rings is 1. The van der Waals surface area contributed by atoms with Crippen LogP contribution in [-0.2, 0) is 5.41 Å². The van der Waals surface area contributed by atoms with E-state index in [2.05, 4.69) is 146 Å². The SMILES string of the molecule is CC1(C)c2ccccc2-c2c1c1c3ccccc3sc1c1c3ccccc3n(-c3nc(-c4ccccc4)c4ccccc4n3)c21. The maximum atomic E-state index is 5.41. The predicted molar refractivity (Wildman–Crippen MR) is 190 cm³/mol. The van der Waals surface area contributed by atoms with Crippen LogP contribution in [0.3, 0.4) is 0 Å². The topological polar surface area (TPSA) is 30.7 Å². The smallest absolute Gasteiger partial charge is 0.235 e. The second-order valence-electron chi connectivity index (χ2n) is 12.6. The molecule has 212 valence electrons. The first kappa shape index (κ1) is 25.1. The number of aromatic nitrogens is 3. The van der Waals surface area contributed by atoms with Crippen molar-refractivity contribution in [2.75, 3.05) is 0 Å². The van der Waals surface area contributed by atoms with Crippen LogP contribution in [-0.4, -0.2) is 14.5 Å². The first-order valence-corrected chi connectivity index (χ1v) is 16.3. The monoisotopic (exact) mass is 593 g/mol. The summed E-state index contributed by atoms with van der Waals surface area (Å²) in [6.07, 6.45) is 0. The van der Waals surface area contributed by atoms with Crippen LogP contribution in [0.2, 0.25) is 0 Å². The summed E-state index contributed by atoms with van der Waals surface area (Å²) in [5.41, 5.74) is 10.5. The molecular weight excluding hydrogens is 567 g/mol. The molecule has 0 saturated heterocycles. The molecule has 3 heterocycles. The summed E-state index contributed by atoms with van der Waals surface area (Å²) >= 11 is 1.91. The molecule has 0 radical (unpaired) electrons. The quantitative estimate of drug-likeness (QED) is 0.200. The van der Waals surface area contributed by atoms with Gasteiger partial charge in [-0.1, -0.05) is 123 Å². The Labute approximate surface area is 264 Å². The second kappa shape index (κ2) is 8.87. The largest absolute Gasteiger partial charge is 0.277 e. The zero-order chi connectivity index (χ0) is 29.9. The molecule has 0 atom stereocenters. The van der Waals surface area contributed by atoms with E-state index in [0.29, 0.717) is 5.95 Å². The maximum absolute atomic E-state index is 5.41. The molecule has 3 aromatic heterocycles. The van der Waals surface area contributed by atoms with E-state index < -0.39 is 0 Å². The van der Waals surface area contributed by atoms with Crippen LogP contribution < -0.4 is 0 Å². The minimum Gasteiger partial charge on any atom is -0.277 e. The minimum absolute atomic E-state index is 0.178. The van der Waals surface area contributed by atoms with E-state index in [1.165, 1.54) is 58.7 Å². The average molecular weight is 594 g/mol. The van der Waals surface area contributed by atoms with Crippen molar-refractivity contribution in [1.29, 1.82) is 0 Å². The van der Waals surface area contributed by atoms with Gasteiger partial charge in [0.15, 0.2) is 0 Å². The van der Waals surface area contributed by atoms with Crippen molar-refractivity contribution in [3.63, 3.8) is 0 Å². The standard InChI is InChI=1S/C41H27N3S/c1-41(2)29-20-10-6-16-25(29)33-36(41)34-28-19-9-13-23-32(28)45-39(34)35-27-18-8-12-22-31(27)44(38(33)35)40-42-30-21-11-7-17-26(30)37(43-40)24-14-4-3-5-15-24/h3-23H,1-2H3. The molecule has 0 aliphatic heterocycles. The van der Waals surface area contributed by atoms with Crippen molar-refractivity contribution in [1.82, 2.24) is 14.5 Å². The normalized spacial score (nSPS) is 13.7. The van der Waals surface area contributed by atoms with E-state index in [4.69, 9.17) is 9.97 Å². The summed E-state index contributed by atoms with van der Waals surface area (Å²) in [4.78, 5) is 10.7. The van der Waals surface area contributed by atoms with Crippen LogP contribution in [0.25, 0.3) is 81.2 Å². The highest BCUT2D eigenvalue weighted by atomic mass is 32.1. The number of hydrogen-bond donors (Lipinski definition) is 0. The molecule has 0 bridgehead atoms. The van der Waals surface area contributed by atoms with Crippen LogP contribution in [0.5, 0.6) is 0 Å². The zero-order valence-corrected chi connectivity index (χ0v) is 25.7. The zero-order valence-electron chi connectivity index (χ0n) is 24.9. The summed E-state index contributed by atoms with van der Waals surface area (Å²) in [5, 5.41) is 6.28. The third-order valence-corrected chi connectivity index (χ3v) is 11.0. The van der Waals surface area contributed by atoms with Gasteiger partial charge < -0.3 is 0 Å². The molecular formula is C41H27N3S. The molecule has 10 rings (SSSR count). The van der Waals surface area contributed by atoms with E-state index in [1.807, 2.05) is 11.3 Å². The van der Waals surface area contributed by atoms with Crippen LogP contribution in [0.15, 0.2) is 127 Å². The molecule has 6 aromatic carbocycles. The van der Waals surface area contributed by atoms with Gasteiger partial charge in [0.25, 0.3) is 0 Å². The van der Waals surface area contributed by atoms with Crippen LogP contribution >= 0.6 is 11.3 Å². The molecule has 45 heavy (non-hydrogen) atoms. The van der Waals surface area contributed by atoms with Gasteiger partial charge in [0, 0.05) is 52.9 Å². The summed E-state index contributed by atoms with van der Waals surface area (Å²) in [6.45, 7) is 4.78. The number of para-hydroxylation sites is 2. The first-order valence-electron chi connectivity index (χ1n) is 15.4. The van der Waals surface area contributed by atoms with Gasteiger partial charge in [-0.3, -0.25) is 4.57 Å². The van der Waals surface area contributed by atoms with E-state index >= 15 is 0 Å². The van der Waals surface area contributed by atoms with Crippen LogP contribution in [0, 0.1) is 0 Å². The highest BCUT2D eigenvalue weighted by molar-refractivity contribution is 7.26. The van der Waals surface area contributed by atoms with Gasteiger partial charge in [-0.15, -0.1) is 11.3 Å². The number of rotatable bonds is 2. The molecule has 9 aromatic rings. The highest BCUT2D eigenvalue weighted by Gasteiger charge is 2.41. The molecule has 1 aliphatic carbocycles. The van der Waals surface area contributed by atoms with Crippen LogP contribution in [0.1, 0.15) is 25.0 Å². The Morgan fingerprint density at radius 1 is 0.622 bits per heavy atom. The Kier molecular flexibility index (Phi) is 4.94. The third kappa shape index (κ3) is 3.24. The molecule has 0 fully saturated rings. The Morgan fingerprint density at radius 3 is 2.18 bits per heavy atom. The van der Waals surface area contributed by atoms with Gasteiger partial charge in [-0.2, -0.15) is 0 Å². The molecule has 0 spiro atoms. The third-order valence-electron chi connectivity index (χ3n) is 9.77. The molecule has 0 saturated carbocycles. The number of benzene rings is 6. The van der Waals surface area contributed by atoms with Crippen molar-refractivity contribution >= 4 is 64.2 Å². The molecule has 0 N–H and O–H groups in total. The Hall–Kier alpha value is -5.32. The number of hydrogen-bond acceptors (Lipinski definition) is 3. The van der Waals surface area contributed by atoms with Gasteiger partial charge in [0.05, 0.1) is 22.2 Å². The molecule has 4 heteroatoms. The van der Waals surface area contributed by atoms with E-state index in [-0.39, 0.29) is 5.41 Å². The summed E-state index contributed by atoms with van der Waals surface area (Å²) < 4.78 is 5.01. The predicted octanol–water partition coefficient (Wildman–Crippen LogP) is 11.1. The number of fused-ring (bicyclic) bond motifs is 13. The lowest BCUT2D eigenvalue weighted by Crippen LogP contribution is -2.15.